The van der Waals surface area contributed by atoms with Gasteiger partial charge in [0.1, 0.15) is 6.61 Å². The molecule has 0 aliphatic carbocycles. The third-order valence-electron chi connectivity index (χ3n) is 1.19. The highest BCUT2D eigenvalue weighted by atomic mass is 31.1. The Balaban J connectivity index is 3.62. The first-order chi connectivity index (χ1) is 5.22. The van der Waals surface area contributed by atoms with E-state index >= 15 is 0 Å². The van der Waals surface area contributed by atoms with E-state index in [4.69, 9.17) is 4.52 Å². The van der Waals surface area contributed by atoms with Crippen molar-refractivity contribution in [1.82, 2.24) is 0 Å². The molecule has 0 saturated heterocycles. The first-order valence-electron chi connectivity index (χ1n) is 3.53. The second-order valence-corrected chi connectivity index (χ2v) is 3.95. The van der Waals surface area contributed by atoms with Gasteiger partial charge in [0.05, 0.1) is 0 Å². The maximum absolute atomic E-state index is 11.1. The molecule has 11 heavy (non-hydrogen) atoms. The lowest BCUT2D eigenvalue weighted by atomic mass is 10.3. The van der Waals surface area contributed by atoms with E-state index in [1.807, 2.05) is 6.92 Å². The summed E-state index contributed by atoms with van der Waals surface area (Å²) in [4.78, 5) is 0. The first-order valence-corrected chi connectivity index (χ1v) is 4.78. The lowest BCUT2D eigenvalue weighted by molar-refractivity contribution is 0.365. The SMILES string of the molecule is C=CCO[P+](=O)C(C)CC=C. The van der Waals surface area contributed by atoms with E-state index < -0.39 is 8.03 Å². The fraction of sp³-hybridized carbons (Fsp3) is 0.500. The molecule has 0 heterocycles. The third kappa shape index (κ3) is 4.88. The fourth-order valence-electron chi connectivity index (χ4n) is 0.581. The van der Waals surface area contributed by atoms with Crippen LogP contribution in [0.15, 0.2) is 25.3 Å². The summed E-state index contributed by atoms with van der Waals surface area (Å²) in [7, 11) is -1.55. The van der Waals surface area contributed by atoms with Crippen LogP contribution < -0.4 is 0 Å². The third-order valence-corrected chi connectivity index (χ3v) is 2.52. The highest BCUT2D eigenvalue weighted by Gasteiger charge is 2.25. The van der Waals surface area contributed by atoms with Crippen molar-refractivity contribution in [3.63, 3.8) is 0 Å². The minimum atomic E-state index is -1.55. The fourth-order valence-corrected chi connectivity index (χ4v) is 1.41. The predicted molar refractivity (Wildman–Crippen MR) is 48.0 cm³/mol. The molecule has 0 aromatic rings. The van der Waals surface area contributed by atoms with Gasteiger partial charge < -0.3 is 0 Å². The highest BCUT2D eigenvalue weighted by molar-refractivity contribution is 7.40. The molecule has 2 unspecified atom stereocenters. The van der Waals surface area contributed by atoms with E-state index in [-0.39, 0.29) is 5.66 Å². The second-order valence-electron chi connectivity index (χ2n) is 2.24. The van der Waals surface area contributed by atoms with Gasteiger partial charge in [0.25, 0.3) is 0 Å². The first kappa shape index (κ1) is 10.5. The van der Waals surface area contributed by atoms with E-state index in [0.717, 1.165) is 6.42 Å². The second kappa shape index (κ2) is 6.26. The molecule has 0 amide bonds. The van der Waals surface area contributed by atoms with Crippen molar-refractivity contribution in [3.05, 3.63) is 25.3 Å². The van der Waals surface area contributed by atoms with Crippen molar-refractivity contribution < 1.29 is 9.09 Å². The van der Waals surface area contributed by atoms with Crippen LogP contribution in [0.2, 0.25) is 0 Å². The normalized spacial score (nSPS) is 13.7. The van der Waals surface area contributed by atoms with Crippen molar-refractivity contribution in [2.45, 2.75) is 19.0 Å². The van der Waals surface area contributed by atoms with Crippen LogP contribution in [-0.4, -0.2) is 12.3 Å². The quantitative estimate of drug-likeness (QED) is 0.456. The van der Waals surface area contributed by atoms with Crippen LogP contribution in [0.3, 0.4) is 0 Å². The van der Waals surface area contributed by atoms with Gasteiger partial charge in [-0.1, -0.05) is 12.2 Å². The van der Waals surface area contributed by atoms with Crippen molar-refractivity contribution >= 4 is 8.03 Å². The predicted octanol–water partition coefficient (Wildman–Crippen LogP) is 2.90. The van der Waals surface area contributed by atoms with Gasteiger partial charge in [0, 0.05) is 6.42 Å². The summed E-state index contributed by atoms with van der Waals surface area (Å²) in [6.45, 7) is 9.26. The molecular formula is C8H14O2P+. The van der Waals surface area contributed by atoms with Crippen LogP contribution >= 0.6 is 8.03 Å². The Hall–Kier alpha value is -0.460. The van der Waals surface area contributed by atoms with Crippen LogP contribution in [0.25, 0.3) is 0 Å². The summed E-state index contributed by atoms with van der Waals surface area (Å²) in [6.07, 6.45) is 4.06. The summed E-state index contributed by atoms with van der Waals surface area (Å²) < 4.78 is 16.1. The van der Waals surface area contributed by atoms with Gasteiger partial charge in [-0.05, 0) is 11.5 Å². The minimum Gasteiger partial charge on any atom is -0.142 e. The van der Waals surface area contributed by atoms with Gasteiger partial charge in [0.15, 0.2) is 5.66 Å². The topological polar surface area (TPSA) is 26.3 Å². The van der Waals surface area contributed by atoms with Crippen molar-refractivity contribution in [2.24, 2.45) is 0 Å². The Bertz CT molecular complexity index is 154. The van der Waals surface area contributed by atoms with Crippen LogP contribution in [0.1, 0.15) is 13.3 Å². The molecule has 0 rings (SSSR count). The Kier molecular flexibility index (Phi) is 6.00. The van der Waals surface area contributed by atoms with Crippen molar-refractivity contribution in [1.29, 1.82) is 0 Å². The van der Waals surface area contributed by atoms with Gasteiger partial charge in [-0.2, -0.15) is 0 Å². The van der Waals surface area contributed by atoms with E-state index in [1.54, 1.807) is 12.2 Å². The monoisotopic (exact) mass is 173 g/mol. The van der Waals surface area contributed by atoms with E-state index in [9.17, 15) is 4.57 Å². The van der Waals surface area contributed by atoms with Gasteiger partial charge >= 0.3 is 8.03 Å². The van der Waals surface area contributed by atoms with Crippen LogP contribution in [0.5, 0.6) is 0 Å². The minimum absolute atomic E-state index is 0.0578. The molecule has 0 aliphatic heterocycles. The molecule has 0 fully saturated rings. The maximum Gasteiger partial charge on any atom is 0.511 e. The van der Waals surface area contributed by atoms with E-state index in [2.05, 4.69) is 13.2 Å². The molecule has 0 aromatic heterocycles. The molecule has 0 aliphatic rings. The maximum atomic E-state index is 11.1. The largest absolute Gasteiger partial charge is 0.511 e. The lowest BCUT2D eigenvalue weighted by Crippen LogP contribution is -1.95. The number of rotatable bonds is 6. The molecule has 0 bridgehead atoms. The Morgan fingerprint density at radius 3 is 2.64 bits per heavy atom. The summed E-state index contributed by atoms with van der Waals surface area (Å²) in [6, 6.07) is 0. The molecule has 3 heteroatoms. The summed E-state index contributed by atoms with van der Waals surface area (Å²) in [5.74, 6) is 0. The van der Waals surface area contributed by atoms with Crippen molar-refractivity contribution in [3.8, 4) is 0 Å². The molecule has 62 valence electrons. The zero-order chi connectivity index (χ0) is 8.69. The Morgan fingerprint density at radius 1 is 1.55 bits per heavy atom. The molecule has 0 spiro atoms. The number of hydrogen-bond donors (Lipinski definition) is 0. The van der Waals surface area contributed by atoms with Crippen LogP contribution in [0.4, 0.5) is 0 Å². The average molecular weight is 173 g/mol. The Morgan fingerprint density at radius 2 is 2.18 bits per heavy atom. The summed E-state index contributed by atoms with van der Waals surface area (Å²) in [5, 5.41) is 0. The smallest absolute Gasteiger partial charge is 0.142 e. The van der Waals surface area contributed by atoms with Gasteiger partial charge in [-0.3, -0.25) is 0 Å². The standard InChI is InChI=1S/C8H14O2P/c1-4-6-8(3)11(9)10-7-5-2/h4-5,8H,1-2,6-7H2,3H3/q+1. The number of hydrogen-bond acceptors (Lipinski definition) is 2. The van der Waals surface area contributed by atoms with Crippen LogP contribution in [-0.2, 0) is 9.09 Å². The zero-order valence-corrected chi connectivity index (χ0v) is 7.72. The van der Waals surface area contributed by atoms with Crippen LogP contribution in [0, 0.1) is 0 Å². The molecule has 2 atom stereocenters. The van der Waals surface area contributed by atoms with Gasteiger partial charge in [0.2, 0.25) is 0 Å². The van der Waals surface area contributed by atoms with Crippen molar-refractivity contribution in [2.75, 3.05) is 6.61 Å². The van der Waals surface area contributed by atoms with Gasteiger partial charge in [-0.25, -0.2) is 0 Å². The zero-order valence-electron chi connectivity index (χ0n) is 6.82. The highest BCUT2D eigenvalue weighted by Crippen LogP contribution is 2.31. The molecule has 0 saturated carbocycles. The molecule has 0 N–H and O–H groups in total. The van der Waals surface area contributed by atoms with Gasteiger partial charge in [-0.15, -0.1) is 17.7 Å². The Labute approximate surface area is 68.8 Å². The summed E-state index contributed by atoms with van der Waals surface area (Å²) >= 11 is 0. The molecule has 2 nitrogen and oxygen atoms in total. The molecule has 0 radical (unpaired) electrons. The summed E-state index contributed by atoms with van der Waals surface area (Å²) in [5.41, 5.74) is 0.0578. The van der Waals surface area contributed by atoms with E-state index in [1.165, 1.54) is 0 Å². The van der Waals surface area contributed by atoms with E-state index in [0.29, 0.717) is 6.61 Å². The molecule has 0 aromatic carbocycles. The number of allylic oxidation sites excluding steroid dienone is 1. The lowest BCUT2D eigenvalue weighted by Gasteiger charge is -1.92. The molecular weight excluding hydrogens is 159 g/mol. The average Bonchev–Trinajstić information content (AvgIpc) is 2.00.